The normalized spacial score (nSPS) is 10.1. The van der Waals surface area contributed by atoms with Crippen LogP contribution in [0.5, 0.6) is 0 Å². The summed E-state index contributed by atoms with van der Waals surface area (Å²) in [7, 11) is 0. The molecule has 0 saturated heterocycles. The van der Waals surface area contributed by atoms with Gasteiger partial charge in [0.05, 0.1) is 16.0 Å². The van der Waals surface area contributed by atoms with Crippen molar-refractivity contribution in [2.24, 2.45) is 0 Å². The second kappa shape index (κ2) is 5.85. The number of hydrogen-bond acceptors (Lipinski definition) is 4. The fraction of sp³-hybridized carbons (Fsp3) is 0.231. The molecule has 2 aromatic heterocycles. The zero-order chi connectivity index (χ0) is 13.0. The molecule has 0 amide bonds. The maximum Gasteiger partial charge on any atom is 0.127 e. The summed E-state index contributed by atoms with van der Waals surface area (Å²) in [6.45, 7) is 2.66. The van der Waals surface area contributed by atoms with Crippen LogP contribution >= 0.6 is 22.9 Å². The molecule has 0 aliphatic rings. The quantitative estimate of drug-likeness (QED) is 0.928. The SMILES string of the molecule is Cc1cc(C#N)cc(NCCc2ccc(Cl)s2)n1. The summed E-state index contributed by atoms with van der Waals surface area (Å²) >= 11 is 7.45. The van der Waals surface area contributed by atoms with Crippen LogP contribution in [-0.4, -0.2) is 11.5 Å². The topological polar surface area (TPSA) is 48.7 Å². The van der Waals surface area contributed by atoms with Crippen LogP contribution in [0.4, 0.5) is 5.82 Å². The van der Waals surface area contributed by atoms with Crippen molar-refractivity contribution in [3.05, 3.63) is 44.7 Å². The molecule has 0 aliphatic heterocycles. The minimum atomic E-state index is 0.629. The number of nitrogens with zero attached hydrogens (tertiary/aromatic N) is 2. The smallest absolute Gasteiger partial charge is 0.127 e. The van der Waals surface area contributed by atoms with Crippen molar-refractivity contribution in [2.75, 3.05) is 11.9 Å². The van der Waals surface area contributed by atoms with Crippen molar-refractivity contribution in [1.29, 1.82) is 5.26 Å². The lowest BCUT2D eigenvalue weighted by Crippen LogP contribution is -2.06. The van der Waals surface area contributed by atoms with E-state index >= 15 is 0 Å². The molecule has 18 heavy (non-hydrogen) atoms. The van der Waals surface area contributed by atoms with Gasteiger partial charge in [-0.25, -0.2) is 4.98 Å². The second-order valence-corrected chi connectivity index (χ2v) is 5.68. The Morgan fingerprint density at radius 2 is 2.28 bits per heavy atom. The molecule has 2 aromatic rings. The number of hydrogen-bond donors (Lipinski definition) is 1. The van der Waals surface area contributed by atoms with Crippen LogP contribution < -0.4 is 5.32 Å². The first-order valence-corrected chi connectivity index (χ1v) is 6.74. The van der Waals surface area contributed by atoms with Crippen molar-refractivity contribution in [2.45, 2.75) is 13.3 Å². The Kier molecular flexibility index (Phi) is 4.19. The highest BCUT2D eigenvalue weighted by molar-refractivity contribution is 7.16. The molecule has 2 heterocycles. The lowest BCUT2D eigenvalue weighted by molar-refractivity contribution is 1.02. The van der Waals surface area contributed by atoms with Gasteiger partial charge in [0.25, 0.3) is 0 Å². The van der Waals surface area contributed by atoms with E-state index in [0.29, 0.717) is 5.56 Å². The third-order valence-electron chi connectivity index (χ3n) is 2.39. The molecule has 0 bridgehead atoms. The third-order valence-corrected chi connectivity index (χ3v) is 3.68. The molecule has 5 heteroatoms. The molecular weight excluding hydrogens is 266 g/mol. The van der Waals surface area contributed by atoms with Crippen molar-refractivity contribution < 1.29 is 0 Å². The Morgan fingerprint density at radius 1 is 1.44 bits per heavy atom. The Balaban J connectivity index is 1.94. The molecule has 0 unspecified atom stereocenters. The van der Waals surface area contributed by atoms with E-state index in [1.165, 1.54) is 4.88 Å². The van der Waals surface area contributed by atoms with Crippen molar-refractivity contribution >= 4 is 28.8 Å². The van der Waals surface area contributed by atoms with Crippen molar-refractivity contribution in [3.8, 4) is 6.07 Å². The van der Waals surface area contributed by atoms with E-state index in [2.05, 4.69) is 16.4 Å². The van der Waals surface area contributed by atoms with E-state index < -0.39 is 0 Å². The first-order valence-electron chi connectivity index (χ1n) is 5.54. The van der Waals surface area contributed by atoms with E-state index in [1.54, 1.807) is 23.5 Å². The van der Waals surface area contributed by atoms with Gasteiger partial charge in [0.15, 0.2) is 0 Å². The molecule has 2 rings (SSSR count). The third kappa shape index (κ3) is 3.46. The van der Waals surface area contributed by atoms with Gasteiger partial charge in [0, 0.05) is 17.1 Å². The van der Waals surface area contributed by atoms with E-state index in [1.807, 2.05) is 19.1 Å². The first kappa shape index (κ1) is 12.9. The predicted molar refractivity (Wildman–Crippen MR) is 75.2 cm³/mol. The summed E-state index contributed by atoms with van der Waals surface area (Å²) in [4.78, 5) is 5.57. The van der Waals surface area contributed by atoms with E-state index in [-0.39, 0.29) is 0 Å². The van der Waals surface area contributed by atoms with Gasteiger partial charge in [-0.3, -0.25) is 0 Å². The molecule has 92 valence electrons. The monoisotopic (exact) mass is 277 g/mol. The van der Waals surface area contributed by atoms with Gasteiger partial charge >= 0.3 is 0 Å². The van der Waals surface area contributed by atoms with Crippen LogP contribution in [0.2, 0.25) is 4.34 Å². The zero-order valence-corrected chi connectivity index (χ0v) is 11.5. The van der Waals surface area contributed by atoms with Crippen molar-refractivity contribution in [3.63, 3.8) is 0 Å². The fourth-order valence-electron chi connectivity index (χ4n) is 1.62. The Hall–Kier alpha value is -1.57. The molecular formula is C13H12ClN3S. The molecule has 0 saturated carbocycles. The number of thiophene rings is 1. The van der Waals surface area contributed by atoms with E-state index in [9.17, 15) is 0 Å². The molecule has 0 radical (unpaired) electrons. The Morgan fingerprint density at radius 3 is 2.94 bits per heavy atom. The molecule has 0 atom stereocenters. The summed E-state index contributed by atoms with van der Waals surface area (Å²) < 4.78 is 0.811. The van der Waals surface area contributed by atoms with Crippen LogP contribution in [0.3, 0.4) is 0 Å². The highest BCUT2D eigenvalue weighted by atomic mass is 35.5. The van der Waals surface area contributed by atoms with Crippen LogP contribution in [0.1, 0.15) is 16.1 Å². The maximum absolute atomic E-state index is 8.87. The van der Waals surface area contributed by atoms with Crippen LogP contribution in [0.25, 0.3) is 0 Å². The lowest BCUT2D eigenvalue weighted by Gasteiger charge is -2.05. The van der Waals surface area contributed by atoms with Crippen LogP contribution in [0, 0.1) is 18.3 Å². The van der Waals surface area contributed by atoms with Gasteiger partial charge in [-0.1, -0.05) is 11.6 Å². The van der Waals surface area contributed by atoms with Gasteiger partial charge < -0.3 is 5.32 Å². The summed E-state index contributed by atoms with van der Waals surface area (Å²) in [5.74, 6) is 0.745. The number of nitrogens with one attached hydrogen (secondary N) is 1. The summed E-state index contributed by atoms with van der Waals surface area (Å²) in [5, 5.41) is 12.1. The fourth-order valence-corrected chi connectivity index (χ4v) is 2.71. The van der Waals surface area contributed by atoms with Gasteiger partial charge in [-0.15, -0.1) is 11.3 Å². The number of anilines is 1. The molecule has 0 spiro atoms. The number of aromatic nitrogens is 1. The number of nitriles is 1. The highest BCUT2D eigenvalue weighted by Crippen LogP contribution is 2.21. The highest BCUT2D eigenvalue weighted by Gasteiger charge is 2.01. The van der Waals surface area contributed by atoms with Crippen LogP contribution in [0.15, 0.2) is 24.3 Å². The predicted octanol–water partition coefficient (Wildman–Crippen LogP) is 3.63. The average molecular weight is 278 g/mol. The van der Waals surface area contributed by atoms with Gasteiger partial charge in [0.1, 0.15) is 5.82 Å². The summed E-state index contributed by atoms with van der Waals surface area (Å²) in [5.41, 5.74) is 1.47. The maximum atomic E-state index is 8.87. The van der Waals surface area contributed by atoms with Crippen molar-refractivity contribution in [1.82, 2.24) is 4.98 Å². The van der Waals surface area contributed by atoms with Gasteiger partial charge in [0.2, 0.25) is 0 Å². The first-order chi connectivity index (χ1) is 8.67. The van der Waals surface area contributed by atoms with Gasteiger partial charge in [-0.05, 0) is 37.6 Å². The van der Waals surface area contributed by atoms with Gasteiger partial charge in [-0.2, -0.15) is 5.26 Å². The number of halogens is 1. The van der Waals surface area contributed by atoms with E-state index in [0.717, 1.165) is 28.8 Å². The minimum absolute atomic E-state index is 0.629. The molecule has 0 aliphatic carbocycles. The zero-order valence-electron chi connectivity index (χ0n) is 9.90. The second-order valence-electron chi connectivity index (χ2n) is 3.88. The lowest BCUT2D eigenvalue weighted by atomic mass is 10.2. The number of aryl methyl sites for hydroxylation is 1. The van der Waals surface area contributed by atoms with Crippen LogP contribution in [-0.2, 0) is 6.42 Å². The standard InChI is InChI=1S/C13H12ClN3S/c1-9-6-10(8-15)7-13(17-9)16-5-4-11-2-3-12(14)18-11/h2-3,6-7H,4-5H2,1H3,(H,16,17). The summed E-state index contributed by atoms with van der Waals surface area (Å²) in [6.07, 6.45) is 0.898. The summed E-state index contributed by atoms with van der Waals surface area (Å²) in [6, 6.07) is 9.58. The largest absolute Gasteiger partial charge is 0.370 e. The minimum Gasteiger partial charge on any atom is -0.370 e. The number of rotatable bonds is 4. The number of pyridine rings is 1. The Labute approximate surface area is 115 Å². The molecule has 0 aromatic carbocycles. The molecule has 3 nitrogen and oxygen atoms in total. The molecule has 1 N–H and O–H groups in total. The van der Waals surface area contributed by atoms with E-state index in [4.69, 9.17) is 16.9 Å². The Bertz CT molecular complexity index is 586. The molecule has 0 fully saturated rings. The average Bonchev–Trinajstić information content (AvgIpc) is 2.74.